The molecule has 3 aromatic heterocycles. The molecule has 7 nitrogen and oxygen atoms in total. The van der Waals surface area contributed by atoms with Crippen molar-refractivity contribution in [2.75, 3.05) is 0 Å². The number of benzene rings is 10. The summed E-state index contributed by atoms with van der Waals surface area (Å²) in [5.41, 5.74) is 7.94. The molecule has 0 radical (unpaired) electrons. The van der Waals surface area contributed by atoms with E-state index in [2.05, 4.69) is 240 Å². The number of para-hydroxylation sites is 5. The molecule has 0 N–H and O–H groups in total. The number of hydrogen-bond donors (Lipinski definition) is 0. The first-order valence-corrected chi connectivity index (χ1v) is 26.4. The highest BCUT2D eigenvalue weighted by molar-refractivity contribution is 7.20. The summed E-state index contributed by atoms with van der Waals surface area (Å²) in [6.07, 6.45) is 0. The maximum atomic E-state index is 7.09. The van der Waals surface area contributed by atoms with E-state index in [0.29, 0.717) is 17.7 Å². The molecule has 2 aliphatic heterocycles. The van der Waals surface area contributed by atoms with E-state index in [0.717, 1.165) is 88.6 Å². The minimum Gasteiger partial charge on any atom is -0.458 e. The van der Waals surface area contributed by atoms with Crippen LogP contribution in [0.5, 0.6) is 23.0 Å². The van der Waals surface area contributed by atoms with Gasteiger partial charge in [-0.05, 0) is 62.0 Å². The van der Waals surface area contributed by atoms with Gasteiger partial charge in [-0.1, -0.05) is 206 Å². The van der Waals surface area contributed by atoms with Gasteiger partial charge in [0, 0.05) is 33.3 Å². The molecule has 0 fully saturated rings. The van der Waals surface area contributed by atoms with Crippen molar-refractivity contribution in [3.8, 4) is 46.3 Å². The molecular formula is C63H40BN5O2Si. The Labute approximate surface area is 416 Å². The van der Waals surface area contributed by atoms with Crippen molar-refractivity contribution in [1.29, 1.82) is 0 Å². The van der Waals surface area contributed by atoms with E-state index >= 15 is 0 Å². The van der Waals surface area contributed by atoms with Crippen molar-refractivity contribution in [2.24, 2.45) is 0 Å². The van der Waals surface area contributed by atoms with Crippen LogP contribution in [0.2, 0.25) is 0 Å². The molecule has 10 aromatic carbocycles. The van der Waals surface area contributed by atoms with Crippen molar-refractivity contribution in [2.45, 2.75) is 0 Å². The van der Waals surface area contributed by atoms with Gasteiger partial charge >= 0.3 is 0 Å². The van der Waals surface area contributed by atoms with E-state index in [1.54, 1.807) is 0 Å². The molecule has 5 heterocycles. The number of rotatable bonds is 7. The smallest absolute Gasteiger partial charge is 0.260 e. The van der Waals surface area contributed by atoms with Crippen LogP contribution in [-0.2, 0) is 0 Å². The fourth-order valence-electron chi connectivity index (χ4n) is 11.9. The second-order valence-electron chi connectivity index (χ2n) is 18.6. The number of hydrogen-bond acceptors (Lipinski definition) is 5. The number of aromatic nitrogens is 5. The molecule has 0 saturated carbocycles. The summed E-state index contributed by atoms with van der Waals surface area (Å²) >= 11 is 0. The lowest BCUT2D eigenvalue weighted by Gasteiger charge is -2.34. The summed E-state index contributed by atoms with van der Waals surface area (Å²) in [7, 11) is -2.93. The highest BCUT2D eigenvalue weighted by atomic mass is 28.3. The van der Waals surface area contributed by atoms with Crippen LogP contribution in [0.4, 0.5) is 0 Å². The van der Waals surface area contributed by atoms with E-state index in [4.69, 9.17) is 24.4 Å². The van der Waals surface area contributed by atoms with Crippen molar-refractivity contribution in [3.05, 3.63) is 243 Å². The van der Waals surface area contributed by atoms with E-state index < -0.39 is 8.07 Å². The maximum Gasteiger partial charge on any atom is 0.260 e. The number of ether oxygens (including phenoxy) is 2. The standard InChI is InChI=1S/C63H40BN5O2Si/c1-4-22-42(23-5-1)72(43-24-6-2-7-25-43,44-26-8-3-9-27-44)45-28-20-21-41(39-45)61-65-62(68-51-34-15-10-29-46(51)47-30-11-16-35-52(47)68)67-63(66-61)69-53-36-17-12-31-48(53)58-54(69)40-57-59-60(58)71-56-38-19-14-33-50(56)64(59)49-32-13-18-37-55(49)70-57/h1-40H. The molecule has 2 aliphatic rings. The first kappa shape index (κ1) is 40.6. The van der Waals surface area contributed by atoms with E-state index in [9.17, 15) is 0 Å². The minimum absolute atomic E-state index is 0.0762. The minimum atomic E-state index is -2.93. The number of fused-ring (bicyclic) bond motifs is 11. The third-order valence-electron chi connectivity index (χ3n) is 14.9. The fourth-order valence-corrected chi connectivity index (χ4v) is 16.7. The second kappa shape index (κ2) is 15.9. The van der Waals surface area contributed by atoms with Crippen molar-refractivity contribution >= 4 is 95.5 Å². The zero-order valence-electron chi connectivity index (χ0n) is 38.7. The Hall–Kier alpha value is -9.31. The average Bonchev–Trinajstić information content (AvgIpc) is 3.97. The van der Waals surface area contributed by atoms with Gasteiger partial charge in [0.25, 0.3) is 6.71 Å². The molecule has 0 aliphatic carbocycles. The third kappa shape index (κ3) is 5.89. The van der Waals surface area contributed by atoms with Crippen LogP contribution in [-0.4, -0.2) is 38.9 Å². The van der Waals surface area contributed by atoms with Gasteiger partial charge in [-0.3, -0.25) is 9.13 Å². The second-order valence-corrected chi connectivity index (χ2v) is 22.4. The van der Waals surface area contributed by atoms with Crippen LogP contribution in [0.1, 0.15) is 0 Å². The van der Waals surface area contributed by atoms with Crippen LogP contribution in [0, 0.1) is 0 Å². The van der Waals surface area contributed by atoms with Crippen LogP contribution in [0.3, 0.4) is 0 Å². The van der Waals surface area contributed by atoms with Gasteiger partial charge in [0.15, 0.2) is 13.9 Å². The lowest BCUT2D eigenvalue weighted by molar-refractivity contribution is 0.468. The molecule has 0 unspecified atom stereocenters. The predicted octanol–water partition coefficient (Wildman–Crippen LogP) is 9.84. The predicted molar refractivity (Wildman–Crippen MR) is 295 cm³/mol. The zero-order chi connectivity index (χ0) is 47.3. The first-order chi connectivity index (χ1) is 35.7. The Morgan fingerprint density at radius 2 is 0.819 bits per heavy atom. The summed E-state index contributed by atoms with van der Waals surface area (Å²) in [4.78, 5) is 16.7. The SMILES string of the molecule is c1ccc([Si](c2ccccc2)(c2ccccc2)c2cccc(-c3nc(-n4c5ccccc5c5ccccc54)nc(-n4c5ccccc5c5c6c7c(cc54)Oc4ccccc4B7c4ccccc4O6)n3)c2)cc1. The van der Waals surface area contributed by atoms with Gasteiger partial charge in [0.05, 0.1) is 27.5 Å². The molecule has 13 aromatic rings. The summed E-state index contributed by atoms with van der Waals surface area (Å²) in [6, 6.07) is 86.3. The Morgan fingerprint density at radius 1 is 0.361 bits per heavy atom. The summed E-state index contributed by atoms with van der Waals surface area (Å²) in [5.74, 6) is 4.73. The van der Waals surface area contributed by atoms with Crippen LogP contribution in [0.25, 0.3) is 66.9 Å². The van der Waals surface area contributed by atoms with Gasteiger partial charge < -0.3 is 9.47 Å². The number of nitrogens with zero attached hydrogens (tertiary/aromatic N) is 5. The first-order valence-electron chi connectivity index (χ1n) is 24.4. The molecule has 72 heavy (non-hydrogen) atoms. The van der Waals surface area contributed by atoms with Gasteiger partial charge in [-0.25, -0.2) is 0 Å². The van der Waals surface area contributed by atoms with Crippen LogP contribution < -0.4 is 46.6 Å². The van der Waals surface area contributed by atoms with Crippen LogP contribution in [0.15, 0.2) is 243 Å². The largest absolute Gasteiger partial charge is 0.458 e. The quantitative estimate of drug-likeness (QED) is 0.118. The molecule has 0 amide bonds. The molecule has 0 saturated heterocycles. The fraction of sp³-hybridized carbons (Fsp3) is 0. The molecule has 15 rings (SSSR count). The summed E-state index contributed by atoms with van der Waals surface area (Å²) in [6.45, 7) is -0.0762. The van der Waals surface area contributed by atoms with E-state index in [-0.39, 0.29) is 6.71 Å². The van der Waals surface area contributed by atoms with Gasteiger partial charge in [-0.2, -0.15) is 15.0 Å². The van der Waals surface area contributed by atoms with Gasteiger partial charge in [0.1, 0.15) is 23.0 Å². The topological polar surface area (TPSA) is 67.0 Å². The lowest BCUT2D eigenvalue weighted by Crippen LogP contribution is -2.74. The third-order valence-corrected chi connectivity index (χ3v) is 19.6. The Morgan fingerprint density at radius 3 is 1.40 bits per heavy atom. The van der Waals surface area contributed by atoms with E-state index in [1.807, 2.05) is 12.1 Å². The Bertz CT molecular complexity index is 4150. The van der Waals surface area contributed by atoms with Gasteiger partial charge in [0.2, 0.25) is 11.9 Å². The molecule has 0 spiro atoms. The summed E-state index contributed by atoms with van der Waals surface area (Å²) in [5, 5.41) is 9.32. The van der Waals surface area contributed by atoms with Crippen molar-refractivity contribution in [3.63, 3.8) is 0 Å². The monoisotopic (exact) mass is 937 g/mol. The highest BCUT2D eigenvalue weighted by Gasteiger charge is 2.43. The Balaban J connectivity index is 1.03. The van der Waals surface area contributed by atoms with Crippen LogP contribution >= 0.6 is 0 Å². The molecule has 0 atom stereocenters. The summed E-state index contributed by atoms with van der Waals surface area (Å²) < 4.78 is 18.4. The average molecular weight is 938 g/mol. The molecular weight excluding hydrogens is 898 g/mol. The van der Waals surface area contributed by atoms with E-state index in [1.165, 1.54) is 20.7 Å². The Kier molecular flexibility index (Phi) is 8.94. The molecule has 0 bridgehead atoms. The normalized spacial score (nSPS) is 12.6. The molecule has 9 heteroatoms. The van der Waals surface area contributed by atoms with Gasteiger partial charge in [-0.15, -0.1) is 0 Å². The van der Waals surface area contributed by atoms with Crippen molar-refractivity contribution in [1.82, 2.24) is 24.1 Å². The maximum absolute atomic E-state index is 7.09. The lowest BCUT2D eigenvalue weighted by atomic mass is 9.35. The molecule has 336 valence electrons. The highest BCUT2D eigenvalue weighted by Crippen LogP contribution is 2.45. The van der Waals surface area contributed by atoms with Crippen molar-refractivity contribution < 1.29 is 9.47 Å². The zero-order valence-corrected chi connectivity index (χ0v) is 39.7.